The second-order valence-electron chi connectivity index (χ2n) is 0.982. The summed E-state index contributed by atoms with van der Waals surface area (Å²) in [6.45, 7) is 0.972. The average molecular weight is 204 g/mol. The molecule has 0 aliphatic heterocycles. The first-order chi connectivity index (χ1) is 3.73. The van der Waals surface area contributed by atoms with Crippen molar-refractivity contribution < 1.29 is 91.1 Å². The first kappa shape index (κ1) is 22.9. The van der Waals surface area contributed by atoms with Crippen LogP contribution in [0.4, 0.5) is 0 Å². The number of carboxylic acid groups (broad SMARTS) is 1. The Morgan fingerprint density at radius 1 is 1.55 bits per heavy atom. The van der Waals surface area contributed by atoms with E-state index in [1.54, 1.807) is 0 Å². The predicted molar refractivity (Wildman–Crippen MR) is 24.9 cm³/mol. The molecule has 0 aliphatic rings. The first-order valence-electron chi connectivity index (χ1n) is 1.67. The van der Waals surface area contributed by atoms with Crippen LogP contribution in [-0.2, 0) is 9.36 Å². The van der Waals surface area contributed by atoms with Crippen LogP contribution in [0.1, 0.15) is 9.78 Å². The van der Waals surface area contributed by atoms with Crippen LogP contribution < -0.4 is 69.1 Å². The fourth-order valence-electron chi connectivity index (χ4n) is 0. The zero-order chi connectivity index (χ0) is 8.08. The molecule has 0 fully saturated rings. The van der Waals surface area contributed by atoms with E-state index in [4.69, 9.17) is 29.1 Å². The molecule has 0 saturated heterocycles. The van der Waals surface area contributed by atoms with E-state index >= 15 is 0 Å². The Labute approximate surface area is 111 Å². The largest absolute Gasteiger partial charge is 1.00 e. The molecule has 0 bridgehead atoms. The van der Waals surface area contributed by atoms with Gasteiger partial charge in [-0.1, -0.05) is 0 Å². The molecule has 0 radical (unpaired) electrons. The van der Waals surface area contributed by atoms with Gasteiger partial charge in [-0.05, 0) is 6.92 Å². The maximum Gasteiger partial charge on any atom is 1.00 e. The molecule has 9 heteroatoms. The van der Waals surface area contributed by atoms with Crippen LogP contribution in [0.3, 0.4) is 0 Å². The van der Waals surface area contributed by atoms with E-state index in [9.17, 15) is 0 Å². The van der Waals surface area contributed by atoms with Crippen LogP contribution in [0, 0.1) is 0 Å². The van der Waals surface area contributed by atoms with Crippen molar-refractivity contribution in [1.82, 2.24) is 0 Å². The minimum absolute atomic E-state index is 0. The second kappa shape index (κ2) is 11.6. The molecule has 2 N–H and O–H groups in total. The molecule has 0 aromatic carbocycles. The summed E-state index contributed by atoms with van der Waals surface area (Å²) < 4.78 is 8.77. The maximum absolute atomic E-state index is 8.89. The summed E-state index contributed by atoms with van der Waals surface area (Å²) in [5.41, 5.74) is 0. The predicted octanol–water partition coefficient (Wildman–Crippen LogP) is -8.57. The minimum Gasteiger partial charge on any atom is -1.00 e. The molecule has 0 atom stereocenters. The van der Waals surface area contributed by atoms with E-state index in [0.29, 0.717) is 0 Å². The van der Waals surface area contributed by atoms with Gasteiger partial charge in [-0.2, -0.15) is 0 Å². The van der Waals surface area contributed by atoms with Crippen LogP contribution in [0.2, 0.25) is 0 Å². The minimum atomic E-state index is -4.89. The quantitative estimate of drug-likeness (QED) is 0.298. The Balaban J connectivity index is -0.0000000146. The second-order valence-corrected chi connectivity index (χ2v) is 1.96. The monoisotopic (exact) mass is 204 g/mol. The topological polar surface area (TPSA) is 121 Å². The molecule has 11 heavy (non-hydrogen) atoms. The van der Waals surface area contributed by atoms with E-state index in [2.05, 4.69) is 0 Å². The Hall–Kier alpha value is 1.58. The number of hydrogen-bond donors (Lipinski definition) is 2. The van der Waals surface area contributed by atoms with Gasteiger partial charge in [0.25, 0.3) is 7.82 Å². The molecule has 0 aliphatic carbocycles. The van der Waals surface area contributed by atoms with E-state index < -0.39 is 13.8 Å². The molecule has 0 aromatic rings. The van der Waals surface area contributed by atoms with Crippen LogP contribution in [0.5, 0.6) is 0 Å². The third-order valence-corrected chi connectivity index (χ3v) is 0. The average Bonchev–Trinajstić information content (AvgIpc) is 1.19. The van der Waals surface area contributed by atoms with Crippen LogP contribution >= 0.6 is 7.82 Å². The van der Waals surface area contributed by atoms with Crippen molar-refractivity contribution in [3.05, 3.63) is 0 Å². The molecule has 0 rings (SSSR count). The summed E-state index contributed by atoms with van der Waals surface area (Å²) in [6.07, 6.45) is 0. The van der Waals surface area contributed by atoms with Crippen molar-refractivity contribution in [2.24, 2.45) is 0 Å². The van der Waals surface area contributed by atoms with Crippen molar-refractivity contribution in [3.8, 4) is 0 Å². The summed E-state index contributed by atoms with van der Waals surface area (Å²) in [6, 6.07) is 0. The van der Waals surface area contributed by atoms with E-state index in [1.165, 1.54) is 0 Å². The van der Waals surface area contributed by atoms with Crippen LogP contribution in [0.25, 0.3) is 0 Å². The molecule has 58 valence electrons. The van der Waals surface area contributed by atoms with E-state index in [1.807, 2.05) is 0 Å². The molecule has 0 unspecified atom stereocenters. The Kier molecular flexibility index (Phi) is 24.1. The first-order valence-corrected chi connectivity index (χ1v) is 3.20. The molecule has 0 aromatic heterocycles. The van der Waals surface area contributed by atoms with Crippen molar-refractivity contribution in [2.75, 3.05) is 0 Å². The molecule has 6 nitrogen and oxygen atoms in total. The smallest absolute Gasteiger partial charge is 1.00 e. The van der Waals surface area contributed by atoms with Gasteiger partial charge in [-0.25, -0.2) is 0 Å². The summed E-state index contributed by atoms with van der Waals surface area (Å²) >= 11 is 0. The van der Waals surface area contributed by atoms with Crippen LogP contribution in [0.15, 0.2) is 0 Å². The van der Waals surface area contributed by atoms with Crippen molar-refractivity contribution >= 4 is 13.8 Å². The van der Waals surface area contributed by atoms with Gasteiger partial charge in [0, 0.05) is 5.97 Å². The number of phosphoric acid groups is 1. The zero-order valence-corrected chi connectivity index (χ0v) is 11.4. The molecule has 0 saturated carbocycles. The van der Waals surface area contributed by atoms with Gasteiger partial charge in [-0.3, -0.25) is 4.57 Å². The van der Waals surface area contributed by atoms with Gasteiger partial charge < -0.3 is 26.0 Å². The number of carbonyl (C=O) groups excluding carboxylic acids is 1. The van der Waals surface area contributed by atoms with Gasteiger partial charge in [0.1, 0.15) is 0 Å². The third-order valence-electron chi connectivity index (χ3n) is 0. The Bertz CT molecular complexity index is 126. The fourth-order valence-corrected chi connectivity index (χ4v) is 0. The number of carboxylic acids is 1. The molecule has 0 heterocycles. The summed E-state index contributed by atoms with van der Waals surface area (Å²) in [5, 5.41) is 8.89. The van der Waals surface area contributed by atoms with Gasteiger partial charge >= 0.3 is 60.5 Å². The van der Waals surface area contributed by atoms with Crippen molar-refractivity contribution in [1.29, 1.82) is 0 Å². The van der Waals surface area contributed by atoms with Gasteiger partial charge in [0.05, 0.1) is 0 Å². The summed E-state index contributed by atoms with van der Waals surface area (Å²) in [7, 11) is -4.89. The Morgan fingerprint density at radius 3 is 1.55 bits per heavy atom. The zero-order valence-electron chi connectivity index (χ0n) is 8.47. The van der Waals surface area contributed by atoms with Crippen molar-refractivity contribution in [2.45, 2.75) is 6.92 Å². The Morgan fingerprint density at radius 2 is 1.55 bits per heavy atom. The molecular formula is C2H7Na2O6P. The fraction of sp³-hybridized carbons (Fsp3) is 0.500. The van der Waals surface area contributed by atoms with Crippen molar-refractivity contribution in [3.63, 3.8) is 0 Å². The maximum atomic E-state index is 8.89. The molecule has 0 amide bonds. The van der Waals surface area contributed by atoms with Crippen LogP contribution in [-0.4, -0.2) is 15.8 Å². The normalized spacial score (nSPS) is 7.64. The SMILES string of the molecule is CC(=O)[O-].O=P([O-])(O)O.[H+].[H-].[Na+].[Na+]. The molecule has 0 spiro atoms. The number of aliphatic carboxylic acids is 1. The van der Waals surface area contributed by atoms with E-state index in [-0.39, 0.29) is 62.0 Å². The standard InChI is InChI=1S/C2H4O2.2Na.H3O4P.H/c1-2(3)4;;;1-5(2,3)4;/h1H3,(H,3,4);;;(H3,1,2,3,4);/q;2*+1;;-1/p-1. The van der Waals surface area contributed by atoms with Gasteiger partial charge in [0.2, 0.25) is 0 Å². The number of rotatable bonds is 0. The summed E-state index contributed by atoms with van der Waals surface area (Å²) in [5.74, 6) is -1.08. The van der Waals surface area contributed by atoms with Gasteiger partial charge in [0.15, 0.2) is 0 Å². The number of carbonyl (C=O) groups is 1. The summed E-state index contributed by atoms with van der Waals surface area (Å²) in [4.78, 5) is 31.8. The molecular weight excluding hydrogens is 197 g/mol. The third kappa shape index (κ3) is 426. The van der Waals surface area contributed by atoms with E-state index in [0.717, 1.165) is 6.92 Å². The van der Waals surface area contributed by atoms with Gasteiger partial charge in [-0.15, -0.1) is 0 Å². The number of hydrogen-bond acceptors (Lipinski definition) is 4.